The van der Waals surface area contributed by atoms with Gasteiger partial charge < -0.3 is 4.74 Å². The summed E-state index contributed by atoms with van der Waals surface area (Å²) in [5, 5.41) is 0. The van der Waals surface area contributed by atoms with Crippen LogP contribution in [0.25, 0.3) is 0 Å². The van der Waals surface area contributed by atoms with Gasteiger partial charge in [0.15, 0.2) is 0 Å². The normalized spacial score (nSPS) is 13.7. The average molecular weight is 238 g/mol. The molecule has 0 aromatic carbocycles. The van der Waals surface area contributed by atoms with Crippen molar-refractivity contribution >= 4 is 5.97 Å². The van der Waals surface area contributed by atoms with E-state index in [-0.39, 0.29) is 11.9 Å². The molecule has 1 unspecified atom stereocenters. The van der Waals surface area contributed by atoms with E-state index in [1.54, 1.807) is 0 Å². The Bertz CT molecular complexity index is 252. The molecule has 98 valence electrons. The molecule has 0 aromatic rings. The lowest BCUT2D eigenvalue weighted by atomic mass is 10.1. The van der Waals surface area contributed by atoms with E-state index in [2.05, 4.69) is 31.2 Å². The van der Waals surface area contributed by atoms with Gasteiger partial charge in [0, 0.05) is 0 Å². The van der Waals surface area contributed by atoms with Crippen molar-refractivity contribution in [3.63, 3.8) is 0 Å². The van der Waals surface area contributed by atoms with E-state index in [1.807, 2.05) is 20.8 Å². The summed E-state index contributed by atoms with van der Waals surface area (Å²) >= 11 is 0. The van der Waals surface area contributed by atoms with Gasteiger partial charge in [0.1, 0.15) is 0 Å². The minimum absolute atomic E-state index is 0.0415. The maximum absolute atomic E-state index is 11.5. The van der Waals surface area contributed by atoms with Crippen molar-refractivity contribution in [2.45, 2.75) is 47.0 Å². The van der Waals surface area contributed by atoms with Crippen molar-refractivity contribution in [2.24, 2.45) is 11.8 Å². The Hall–Kier alpha value is -1.05. The Morgan fingerprint density at radius 1 is 1.12 bits per heavy atom. The summed E-state index contributed by atoms with van der Waals surface area (Å²) in [6, 6.07) is 0. The fraction of sp³-hybridized carbons (Fsp3) is 0.667. The molecule has 1 atom stereocenters. The lowest BCUT2D eigenvalue weighted by molar-refractivity contribution is -0.148. The highest BCUT2D eigenvalue weighted by atomic mass is 16.5. The summed E-state index contributed by atoms with van der Waals surface area (Å²) in [6.45, 7) is 8.63. The van der Waals surface area contributed by atoms with Gasteiger partial charge in [-0.15, -0.1) is 0 Å². The van der Waals surface area contributed by atoms with Crippen LogP contribution >= 0.6 is 0 Å². The largest absolute Gasteiger partial charge is 0.465 e. The molecule has 0 aliphatic carbocycles. The third-order valence-corrected chi connectivity index (χ3v) is 2.29. The minimum atomic E-state index is -0.0903. The monoisotopic (exact) mass is 238 g/mol. The highest BCUT2D eigenvalue weighted by Crippen LogP contribution is 2.07. The predicted molar refractivity (Wildman–Crippen MR) is 72.8 cm³/mol. The fourth-order valence-electron chi connectivity index (χ4n) is 1.23. The van der Waals surface area contributed by atoms with E-state index in [1.165, 1.54) is 0 Å². The van der Waals surface area contributed by atoms with Crippen molar-refractivity contribution in [3.8, 4) is 0 Å². The highest BCUT2D eigenvalue weighted by molar-refractivity contribution is 5.72. The van der Waals surface area contributed by atoms with Crippen molar-refractivity contribution in [2.75, 3.05) is 6.61 Å². The van der Waals surface area contributed by atoms with Gasteiger partial charge in [-0.3, -0.25) is 4.79 Å². The topological polar surface area (TPSA) is 26.3 Å². The summed E-state index contributed by atoms with van der Waals surface area (Å²) in [4.78, 5) is 11.5. The minimum Gasteiger partial charge on any atom is -0.465 e. The van der Waals surface area contributed by atoms with Crippen LogP contribution in [0.4, 0.5) is 0 Å². The van der Waals surface area contributed by atoms with Gasteiger partial charge in [-0.1, -0.05) is 52.0 Å². The Morgan fingerprint density at radius 2 is 1.76 bits per heavy atom. The first-order valence-corrected chi connectivity index (χ1v) is 6.54. The van der Waals surface area contributed by atoms with Gasteiger partial charge in [0.05, 0.1) is 12.5 Å². The number of hydrogen-bond acceptors (Lipinski definition) is 2. The van der Waals surface area contributed by atoms with Crippen LogP contribution < -0.4 is 0 Å². The number of rotatable bonds is 8. The zero-order chi connectivity index (χ0) is 13.1. The molecule has 0 saturated carbocycles. The van der Waals surface area contributed by atoms with E-state index in [0.29, 0.717) is 12.5 Å². The van der Waals surface area contributed by atoms with Crippen molar-refractivity contribution in [1.29, 1.82) is 0 Å². The molecule has 17 heavy (non-hydrogen) atoms. The van der Waals surface area contributed by atoms with E-state index in [9.17, 15) is 4.79 Å². The second-order valence-corrected chi connectivity index (χ2v) is 4.75. The van der Waals surface area contributed by atoms with E-state index in [4.69, 9.17) is 4.74 Å². The molecule has 0 radical (unpaired) electrons. The van der Waals surface area contributed by atoms with Crippen LogP contribution in [-0.4, -0.2) is 12.6 Å². The Balaban J connectivity index is 3.73. The second kappa shape index (κ2) is 10.1. The molecule has 0 aromatic heterocycles. The van der Waals surface area contributed by atoms with Crippen LogP contribution in [0, 0.1) is 11.8 Å². The average Bonchev–Trinajstić information content (AvgIpc) is 2.30. The van der Waals surface area contributed by atoms with Gasteiger partial charge in [-0.2, -0.15) is 0 Å². The molecule has 0 fully saturated rings. The predicted octanol–water partition coefficient (Wildman–Crippen LogP) is 4.12. The number of ether oxygens (including phenoxy) is 1. The lowest BCUT2D eigenvalue weighted by Crippen LogP contribution is -2.16. The summed E-state index contributed by atoms with van der Waals surface area (Å²) in [5.41, 5.74) is 0. The van der Waals surface area contributed by atoms with Gasteiger partial charge in [0.2, 0.25) is 0 Å². The molecule has 2 nitrogen and oxygen atoms in total. The molecule has 0 spiro atoms. The van der Waals surface area contributed by atoms with Crippen molar-refractivity contribution in [1.82, 2.24) is 0 Å². The van der Waals surface area contributed by atoms with Crippen LogP contribution in [0.15, 0.2) is 24.3 Å². The Morgan fingerprint density at radius 3 is 2.35 bits per heavy atom. The molecule has 0 saturated heterocycles. The van der Waals surface area contributed by atoms with Crippen LogP contribution in [0.1, 0.15) is 47.0 Å². The number of allylic oxidation sites excluding steroid dienone is 4. The third kappa shape index (κ3) is 9.86. The van der Waals surface area contributed by atoms with E-state index in [0.717, 1.165) is 19.3 Å². The van der Waals surface area contributed by atoms with Crippen molar-refractivity contribution in [3.05, 3.63) is 24.3 Å². The second-order valence-electron chi connectivity index (χ2n) is 4.75. The van der Waals surface area contributed by atoms with Gasteiger partial charge >= 0.3 is 5.97 Å². The van der Waals surface area contributed by atoms with Gasteiger partial charge in [0.25, 0.3) is 0 Å². The maximum Gasteiger partial charge on any atom is 0.308 e. The molecule has 0 aliphatic rings. The lowest BCUT2D eigenvalue weighted by Gasteiger charge is -2.10. The maximum atomic E-state index is 11.5. The first kappa shape index (κ1) is 16.0. The fourth-order valence-corrected chi connectivity index (χ4v) is 1.23. The first-order valence-electron chi connectivity index (χ1n) is 6.54. The third-order valence-electron chi connectivity index (χ3n) is 2.29. The standard InChI is InChI=1S/C15H26O2/c1-5-6-7-8-9-10-11-14(4)15(16)17-12-13(2)3/h6-7,9-10,13-14H,5,8,11-12H2,1-4H3/b7-6-,10-9-. The molecule has 0 bridgehead atoms. The first-order chi connectivity index (χ1) is 8.07. The summed E-state index contributed by atoms with van der Waals surface area (Å²) in [6.07, 6.45) is 11.2. The number of carbonyl (C=O) groups is 1. The molecule has 0 aliphatic heterocycles. The molecule has 0 N–H and O–H groups in total. The van der Waals surface area contributed by atoms with E-state index >= 15 is 0 Å². The molecular weight excluding hydrogens is 212 g/mol. The smallest absolute Gasteiger partial charge is 0.308 e. The SMILES string of the molecule is CC/C=C\C/C=C\CC(C)C(=O)OCC(C)C. The summed E-state index contributed by atoms with van der Waals surface area (Å²) < 4.78 is 5.17. The molecule has 0 rings (SSSR count). The summed E-state index contributed by atoms with van der Waals surface area (Å²) in [5.74, 6) is 0.272. The van der Waals surface area contributed by atoms with Crippen molar-refractivity contribution < 1.29 is 9.53 Å². The van der Waals surface area contributed by atoms with E-state index < -0.39 is 0 Å². The van der Waals surface area contributed by atoms with Crippen LogP contribution in [-0.2, 0) is 9.53 Å². The Kier molecular flexibility index (Phi) is 9.50. The van der Waals surface area contributed by atoms with Crippen LogP contribution in [0.2, 0.25) is 0 Å². The number of hydrogen-bond donors (Lipinski definition) is 0. The van der Waals surface area contributed by atoms with Gasteiger partial charge in [-0.05, 0) is 25.2 Å². The molecular formula is C15H26O2. The zero-order valence-electron chi connectivity index (χ0n) is 11.6. The zero-order valence-corrected chi connectivity index (χ0v) is 11.6. The summed E-state index contributed by atoms with van der Waals surface area (Å²) in [7, 11) is 0. The quantitative estimate of drug-likeness (QED) is 0.469. The number of carbonyl (C=O) groups excluding carboxylic acids is 1. The Labute approximate surface area is 106 Å². The number of esters is 1. The van der Waals surface area contributed by atoms with Gasteiger partial charge in [-0.25, -0.2) is 0 Å². The van der Waals surface area contributed by atoms with Crippen LogP contribution in [0.5, 0.6) is 0 Å². The highest BCUT2D eigenvalue weighted by Gasteiger charge is 2.12. The molecule has 0 amide bonds. The molecule has 2 heteroatoms. The molecule has 0 heterocycles. The van der Waals surface area contributed by atoms with Crippen LogP contribution in [0.3, 0.4) is 0 Å².